The molecule has 0 heterocycles. The molecule has 0 fully saturated rings. The van der Waals surface area contributed by atoms with Crippen molar-refractivity contribution < 1.29 is 9.53 Å². The molecule has 1 aromatic carbocycles. The SMILES string of the molecule is CC/C=C(/C#Cc1ccccc1)OC(=O)N(C(C)C)C(C)C. The third kappa shape index (κ3) is 5.65. The van der Waals surface area contributed by atoms with E-state index in [2.05, 4.69) is 11.8 Å². The summed E-state index contributed by atoms with van der Waals surface area (Å²) in [7, 11) is 0. The molecule has 0 aromatic heterocycles. The predicted octanol–water partition coefficient (Wildman–Crippen LogP) is 4.59. The first-order valence-corrected chi connectivity index (χ1v) is 7.73. The summed E-state index contributed by atoms with van der Waals surface area (Å²) < 4.78 is 5.47. The van der Waals surface area contributed by atoms with Gasteiger partial charge in [0, 0.05) is 17.6 Å². The van der Waals surface area contributed by atoms with E-state index in [0.29, 0.717) is 5.76 Å². The van der Waals surface area contributed by atoms with E-state index in [1.165, 1.54) is 0 Å². The second kappa shape index (κ2) is 8.94. The summed E-state index contributed by atoms with van der Waals surface area (Å²) in [5.74, 6) is 6.37. The lowest BCUT2D eigenvalue weighted by atomic mass is 10.2. The molecule has 3 heteroatoms. The summed E-state index contributed by atoms with van der Waals surface area (Å²) in [5, 5.41) is 0. The van der Waals surface area contributed by atoms with Crippen molar-refractivity contribution in [3.05, 3.63) is 47.7 Å². The van der Waals surface area contributed by atoms with E-state index in [4.69, 9.17) is 4.74 Å². The standard InChI is InChI=1S/C19H25NO2/c1-6-10-18(14-13-17-11-8-7-9-12-17)22-19(21)20(15(2)3)16(4)5/h7-12,15-16H,6H2,1-5H3/b18-10-. The number of hydrogen-bond donors (Lipinski definition) is 0. The lowest BCUT2D eigenvalue weighted by Crippen LogP contribution is -2.42. The van der Waals surface area contributed by atoms with Gasteiger partial charge in [0.25, 0.3) is 0 Å². The van der Waals surface area contributed by atoms with Gasteiger partial charge in [0.05, 0.1) is 0 Å². The van der Waals surface area contributed by atoms with Crippen LogP contribution in [-0.2, 0) is 4.74 Å². The van der Waals surface area contributed by atoms with Crippen LogP contribution in [0.2, 0.25) is 0 Å². The second-order valence-corrected chi connectivity index (χ2v) is 5.56. The molecule has 0 N–H and O–H groups in total. The van der Waals surface area contributed by atoms with Gasteiger partial charge in [0.1, 0.15) is 0 Å². The van der Waals surface area contributed by atoms with Crippen LogP contribution < -0.4 is 0 Å². The summed E-state index contributed by atoms with van der Waals surface area (Å²) >= 11 is 0. The minimum Gasteiger partial charge on any atom is -0.401 e. The first kappa shape index (κ1) is 17.8. The average molecular weight is 299 g/mol. The van der Waals surface area contributed by atoms with Crippen LogP contribution in [0.5, 0.6) is 0 Å². The minimum absolute atomic E-state index is 0.0810. The number of carbonyl (C=O) groups excluding carboxylic acids is 1. The summed E-state index contributed by atoms with van der Waals surface area (Å²) in [5.41, 5.74) is 0.894. The van der Waals surface area contributed by atoms with Crippen LogP contribution >= 0.6 is 0 Å². The Bertz CT molecular complexity index is 554. The number of hydrogen-bond acceptors (Lipinski definition) is 2. The molecular weight excluding hydrogens is 274 g/mol. The van der Waals surface area contributed by atoms with Gasteiger partial charge in [0.15, 0.2) is 5.76 Å². The molecule has 1 amide bonds. The fraction of sp³-hybridized carbons (Fsp3) is 0.421. The molecule has 0 aliphatic carbocycles. The molecule has 22 heavy (non-hydrogen) atoms. The molecule has 0 unspecified atom stereocenters. The van der Waals surface area contributed by atoms with Crippen LogP contribution in [0.25, 0.3) is 0 Å². The average Bonchev–Trinajstić information content (AvgIpc) is 2.45. The highest BCUT2D eigenvalue weighted by atomic mass is 16.6. The minimum atomic E-state index is -0.355. The van der Waals surface area contributed by atoms with Gasteiger partial charge in [-0.25, -0.2) is 4.79 Å². The number of ether oxygens (including phenoxy) is 1. The fourth-order valence-corrected chi connectivity index (χ4v) is 2.12. The third-order valence-electron chi connectivity index (χ3n) is 3.01. The zero-order valence-corrected chi connectivity index (χ0v) is 14.1. The number of allylic oxidation sites excluding steroid dienone is 2. The van der Waals surface area contributed by atoms with Gasteiger partial charge in [-0.05, 0) is 58.2 Å². The molecule has 0 spiro atoms. The molecule has 3 nitrogen and oxygen atoms in total. The van der Waals surface area contributed by atoms with Crippen molar-refractivity contribution in [2.75, 3.05) is 0 Å². The Kier molecular flexibility index (Phi) is 7.25. The van der Waals surface area contributed by atoms with E-state index in [-0.39, 0.29) is 18.2 Å². The van der Waals surface area contributed by atoms with Crippen molar-refractivity contribution in [2.45, 2.75) is 53.1 Å². The van der Waals surface area contributed by atoms with Gasteiger partial charge >= 0.3 is 6.09 Å². The van der Waals surface area contributed by atoms with Crippen LogP contribution in [0.3, 0.4) is 0 Å². The molecule has 0 aliphatic heterocycles. The number of carbonyl (C=O) groups is 1. The van der Waals surface area contributed by atoms with Crippen molar-refractivity contribution in [2.24, 2.45) is 0 Å². The van der Waals surface area contributed by atoms with Crippen LogP contribution in [-0.4, -0.2) is 23.1 Å². The van der Waals surface area contributed by atoms with E-state index in [9.17, 15) is 4.79 Å². The Morgan fingerprint density at radius 2 is 1.77 bits per heavy atom. The van der Waals surface area contributed by atoms with Gasteiger partial charge in [-0.15, -0.1) is 0 Å². The molecule has 118 valence electrons. The van der Waals surface area contributed by atoms with Crippen molar-refractivity contribution >= 4 is 6.09 Å². The molecule has 0 saturated heterocycles. The van der Waals surface area contributed by atoms with Gasteiger partial charge < -0.3 is 9.64 Å². The van der Waals surface area contributed by atoms with E-state index in [1.54, 1.807) is 4.90 Å². The number of amides is 1. The van der Waals surface area contributed by atoms with E-state index < -0.39 is 0 Å². The van der Waals surface area contributed by atoms with Gasteiger partial charge in [-0.1, -0.05) is 31.0 Å². The van der Waals surface area contributed by atoms with Crippen LogP contribution in [0.15, 0.2) is 42.2 Å². The van der Waals surface area contributed by atoms with Crippen molar-refractivity contribution in [3.8, 4) is 11.8 Å². The highest BCUT2D eigenvalue weighted by Gasteiger charge is 2.22. The van der Waals surface area contributed by atoms with E-state index in [0.717, 1.165) is 12.0 Å². The maximum atomic E-state index is 12.3. The number of nitrogens with zero attached hydrogens (tertiary/aromatic N) is 1. The lowest BCUT2D eigenvalue weighted by Gasteiger charge is -2.29. The second-order valence-electron chi connectivity index (χ2n) is 5.56. The molecule has 0 radical (unpaired) electrons. The number of benzene rings is 1. The summed E-state index contributed by atoms with van der Waals surface area (Å²) in [4.78, 5) is 14.0. The van der Waals surface area contributed by atoms with E-state index in [1.807, 2.05) is 71.0 Å². The van der Waals surface area contributed by atoms with E-state index >= 15 is 0 Å². The van der Waals surface area contributed by atoms with Crippen LogP contribution in [0.1, 0.15) is 46.6 Å². The van der Waals surface area contributed by atoms with Crippen molar-refractivity contribution in [3.63, 3.8) is 0 Å². The topological polar surface area (TPSA) is 29.5 Å². The Balaban J connectivity index is 2.88. The molecule has 0 atom stereocenters. The first-order chi connectivity index (χ1) is 10.5. The summed E-state index contributed by atoms with van der Waals surface area (Å²) in [6.45, 7) is 9.88. The first-order valence-electron chi connectivity index (χ1n) is 7.73. The fourth-order valence-electron chi connectivity index (χ4n) is 2.12. The van der Waals surface area contributed by atoms with Gasteiger partial charge in [0.2, 0.25) is 0 Å². The smallest absolute Gasteiger partial charge is 0.401 e. The zero-order chi connectivity index (χ0) is 16.5. The largest absolute Gasteiger partial charge is 0.416 e. The Hall–Kier alpha value is -2.21. The van der Waals surface area contributed by atoms with Crippen LogP contribution in [0.4, 0.5) is 4.79 Å². The predicted molar refractivity (Wildman–Crippen MR) is 90.3 cm³/mol. The zero-order valence-electron chi connectivity index (χ0n) is 14.1. The molecule has 0 bridgehead atoms. The molecule has 0 saturated carbocycles. The Labute approximate surface area is 134 Å². The number of rotatable bonds is 4. The maximum absolute atomic E-state index is 12.3. The normalized spacial score (nSPS) is 11.1. The Morgan fingerprint density at radius 1 is 1.18 bits per heavy atom. The third-order valence-corrected chi connectivity index (χ3v) is 3.01. The molecule has 1 rings (SSSR count). The van der Waals surface area contributed by atoms with Crippen molar-refractivity contribution in [1.29, 1.82) is 0 Å². The summed E-state index contributed by atoms with van der Waals surface area (Å²) in [6, 6.07) is 9.81. The van der Waals surface area contributed by atoms with Gasteiger partial charge in [-0.3, -0.25) is 0 Å². The van der Waals surface area contributed by atoms with Crippen LogP contribution in [0, 0.1) is 11.8 Å². The highest BCUT2D eigenvalue weighted by molar-refractivity contribution is 5.70. The van der Waals surface area contributed by atoms with Gasteiger partial charge in [-0.2, -0.15) is 0 Å². The quantitative estimate of drug-likeness (QED) is 0.601. The van der Waals surface area contributed by atoms with Crippen molar-refractivity contribution in [1.82, 2.24) is 4.90 Å². The molecule has 0 aliphatic rings. The Morgan fingerprint density at radius 3 is 2.27 bits per heavy atom. The maximum Gasteiger partial charge on any atom is 0.416 e. The highest BCUT2D eigenvalue weighted by Crippen LogP contribution is 2.11. The molecule has 1 aromatic rings. The summed E-state index contributed by atoms with van der Waals surface area (Å²) in [6.07, 6.45) is 2.23. The monoisotopic (exact) mass is 299 g/mol. The molecular formula is C19H25NO2. The lowest BCUT2D eigenvalue weighted by molar-refractivity contribution is 0.104.